The van der Waals surface area contributed by atoms with Crippen LogP contribution in [0, 0.1) is 19.7 Å². The van der Waals surface area contributed by atoms with Crippen LogP contribution in [0.1, 0.15) is 35.2 Å². The third-order valence-corrected chi connectivity index (χ3v) is 3.26. The maximum atomic E-state index is 14.1. The van der Waals surface area contributed by atoms with E-state index in [9.17, 15) is 4.39 Å². The zero-order chi connectivity index (χ0) is 13.8. The van der Waals surface area contributed by atoms with Gasteiger partial charge in [0.1, 0.15) is 5.82 Å². The van der Waals surface area contributed by atoms with Crippen LogP contribution in [-0.2, 0) is 0 Å². The molecule has 0 spiro atoms. The number of hydrogen-bond donors (Lipinski definition) is 1. The first-order valence-corrected chi connectivity index (χ1v) is 6.53. The van der Waals surface area contributed by atoms with E-state index in [1.54, 1.807) is 12.3 Å². The molecule has 0 bridgehead atoms. The van der Waals surface area contributed by atoms with E-state index in [2.05, 4.69) is 10.3 Å². The summed E-state index contributed by atoms with van der Waals surface area (Å²) in [4.78, 5) is 4.16. The van der Waals surface area contributed by atoms with E-state index >= 15 is 0 Å². The number of benzene rings is 1. The fraction of sp³-hybridized carbons (Fsp3) is 0.312. The first-order valence-electron chi connectivity index (χ1n) is 6.53. The lowest BCUT2D eigenvalue weighted by Crippen LogP contribution is -2.24. The lowest BCUT2D eigenvalue weighted by atomic mass is 9.95. The molecule has 0 aliphatic carbocycles. The minimum atomic E-state index is -0.181. The monoisotopic (exact) mass is 258 g/mol. The number of hydrogen-bond acceptors (Lipinski definition) is 2. The zero-order valence-electron chi connectivity index (χ0n) is 11.6. The molecule has 0 radical (unpaired) electrons. The molecule has 1 aromatic heterocycles. The summed E-state index contributed by atoms with van der Waals surface area (Å²) in [5, 5.41) is 3.34. The SMILES string of the molecule is CCNC(c1cnccc1C)c1cc(C)ccc1F. The quantitative estimate of drug-likeness (QED) is 0.907. The van der Waals surface area contributed by atoms with Crippen LogP contribution in [0.15, 0.2) is 36.7 Å². The van der Waals surface area contributed by atoms with E-state index in [1.807, 2.05) is 39.1 Å². The van der Waals surface area contributed by atoms with Crippen molar-refractivity contribution in [2.75, 3.05) is 6.54 Å². The van der Waals surface area contributed by atoms with Gasteiger partial charge in [0.2, 0.25) is 0 Å². The van der Waals surface area contributed by atoms with Crippen molar-refractivity contribution in [2.24, 2.45) is 0 Å². The van der Waals surface area contributed by atoms with Gasteiger partial charge in [0.25, 0.3) is 0 Å². The fourth-order valence-electron chi connectivity index (χ4n) is 2.25. The van der Waals surface area contributed by atoms with Gasteiger partial charge in [-0.05, 0) is 43.7 Å². The summed E-state index contributed by atoms with van der Waals surface area (Å²) in [5.41, 5.74) is 3.87. The average Bonchev–Trinajstić information content (AvgIpc) is 2.40. The Morgan fingerprint density at radius 3 is 2.68 bits per heavy atom. The molecule has 3 heteroatoms. The van der Waals surface area contributed by atoms with Crippen LogP contribution in [0.2, 0.25) is 0 Å². The minimum Gasteiger partial charge on any atom is -0.306 e. The van der Waals surface area contributed by atoms with E-state index in [0.717, 1.165) is 23.2 Å². The van der Waals surface area contributed by atoms with Crippen LogP contribution in [0.4, 0.5) is 4.39 Å². The van der Waals surface area contributed by atoms with Gasteiger partial charge >= 0.3 is 0 Å². The van der Waals surface area contributed by atoms with Gasteiger partial charge in [-0.1, -0.05) is 24.6 Å². The van der Waals surface area contributed by atoms with E-state index in [1.165, 1.54) is 6.07 Å². The van der Waals surface area contributed by atoms with E-state index in [-0.39, 0.29) is 11.9 Å². The van der Waals surface area contributed by atoms with E-state index in [0.29, 0.717) is 5.56 Å². The lowest BCUT2D eigenvalue weighted by Gasteiger charge is -2.21. The predicted molar refractivity (Wildman–Crippen MR) is 75.6 cm³/mol. The Bertz CT molecular complexity index is 566. The smallest absolute Gasteiger partial charge is 0.128 e. The Kier molecular flexibility index (Phi) is 4.27. The van der Waals surface area contributed by atoms with Gasteiger partial charge in [-0.3, -0.25) is 4.98 Å². The lowest BCUT2D eigenvalue weighted by molar-refractivity contribution is 0.556. The Morgan fingerprint density at radius 2 is 2.00 bits per heavy atom. The van der Waals surface area contributed by atoms with Crippen molar-refractivity contribution in [2.45, 2.75) is 26.8 Å². The molecule has 19 heavy (non-hydrogen) atoms. The van der Waals surface area contributed by atoms with Crippen LogP contribution in [0.3, 0.4) is 0 Å². The van der Waals surface area contributed by atoms with Crippen molar-refractivity contribution in [3.63, 3.8) is 0 Å². The third-order valence-electron chi connectivity index (χ3n) is 3.26. The molecule has 2 rings (SSSR count). The number of nitrogens with zero attached hydrogens (tertiary/aromatic N) is 1. The van der Waals surface area contributed by atoms with Crippen LogP contribution in [-0.4, -0.2) is 11.5 Å². The molecule has 0 fully saturated rings. The van der Waals surface area contributed by atoms with Crippen molar-refractivity contribution >= 4 is 0 Å². The molecular weight excluding hydrogens is 239 g/mol. The fourth-order valence-corrected chi connectivity index (χ4v) is 2.25. The summed E-state index contributed by atoms with van der Waals surface area (Å²) in [6.07, 6.45) is 3.57. The second kappa shape index (κ2) is 5.93. The molecule has 0 saturated heterocycles. The Hall–Kier alpha value is -1.74. The first-order chi connectivity index (χ1) is 9.13. The van der Waals surface area contributed by atoms with Gasteiger partial charge in [-0.15, -0.1) is 0 Å². The molecule has 2 nitrogen and oxygen atoms in total. The number of aromatic nitrogens is 1. The minimum absolute atomic E-state index is 0.154. The molecule has 0 amide bonds. The number of nitrogens with one attached hydrogen (secondary N) is 1. The van der Waals surface area contributed by atoms with E-state index in [4.69, 9.17) is 0 Å². The summed E-state index contributed by atoms with van der Waals surface area (Å²) in [7, 11) is 0. The largest absolute Gasteiger partial charge is 0.306 e. The standard InChI is InChI=1S/C16H19FN2/c1-4-19-16(14-10-18-8-7-12(14)3)13-9-11(2)5-6-15(13)17/h5-10,16,19H,4H2,1-3H3. The maximum absolute atomic E-state index is 14.1. The van der Waals surface area contributed by atoms with Crippen molar-refractivity contribution in [1.29, 1.82) is 0 Å². The molecule has 0 saturated carbocycles. The van der Waals surface area contributed by atoms with Crippen LogP contribution in [0.25, 0.3) is 0 Å². The molecule has 0 aliphatic rings. The molecule has 0 aliphatic heterocycles. The topological polar surface area (TPSA) is 24.9 Å². The first kappa shape index (κ1) is 13.7. The normalized spacial score (nSPS) is 12.4. The van der Waals surface area contributed by atoms with Crippen molar-refractivity contribution < 1.29 is 4.39 Å². The predicted octanol–water partition coefficient (Wildman–Crippen LogP) is 3.54. The average molecular weight is 258 g/mol. The highest BCUT2D eigenvalue weighted by Crippen LogP contribution is 2.26. The number of pyridine rings is 1. The molecule has 1 aromatic carbocycles. The second-order valence-corrected chi connectivity index (χ2v) is 4.75. The third kappa shape index (κ3) is 2.99. The molecular formula is C16H19FN2. The molecule has 2 aromatic rings. The molecule has 1 N–H and O–H groups in total. The summed E-state index contributed by atoms with van der Waals surface area (Å²) in [6, 6.07) is 7.01. The summed E-state index contributed by atoms with van der Waals surface area (Å²) < 4.78 is 14.1. The highest BCUT2D eigenvalue weighted by molar-refractivity contribution is 5.37. The highest BCUT2D eigenvalue weighted by atomic mass is 19.1. The zero-order valence-corrected chi connectivity index (χ0v) is 11.6. The highest BCUT2D eigenvalue weighted by Gasteiger charge is 2.18. The van der Waals surface area contributed by atoms with Gasteiger partial charge in [-0.2, -0.15) is 0 Å². The van der Waals surface area contributed by atoms with Gasteiger partial charge in [0.15, 0.2) is 0 Å². The summed E-state index contributed by atoms with van der Waals surface area (Å²) >= 11 is 0. The number of halogens is 1. The molecule has 1 heterocycles. The number of rotatable bonds is 4. The van der Waals surface area contributed by atoms with Gasteiger partial charge in [0, 0.05) is 18.0 Å². The molecule has 100 valence electrons. The number of aryl methyl sites for hydroxylation is 2. The molecule has 1 atom stereocenters. The second-order valence-electron chi connectivity index (χ2n) is 4.75. The van der Waals surface area contributed by atoms with Crippen LogP contribution in [0.5, 0.6) is 0 Å². The van der Waals surface area contributed by atoms with E-state index < -0.39 is 0 Å². The van der Waals surface area contributed by atoms with Crippen LogP contribution < -0.4 is 5.32 Å². The Labute approximate surface area is 113 Å². The Morgan fingerprint density at radius 1 is 1.21 bits per heavy atom. The van der Waals surface area contributed by atoms with Crippen molar-refractivity contribution in [3.8, 4) is 0 Å². The Balaban J connectivity index is 2.51. The van der Waals surface area contributed by atoms with Gasteiger partial charge in [0.05, 0.1) is 6.04 Å². The van der Waals surface area contributed by atoms with Gasteiger partial charge in [-0.25, -0.2) is 4.39 Å². The maximum Gasteiger partial charge on any atom is 0.128 e. The molecule has 1 unspecified atom stereocenters. The summed E-state index contributed by atoms with van der Waals surface area (Å²) in [6.45, 7) is 6.79. The van der Waals surface area contributed by atoms with Crippen molar-refractivity contribution in [1.82, 2.24) is 10.3 Å². The van der Waals surface area contributed by atoms with Crippen LogP contribution >= 0.6 is 0 Å². The van der Waals surface area contributed by atoms with Gasteiger partial charge < -0.3 is 5.32 Å². The summed E-state index contributed by atoms with van der Waals surface area (Å²) in [5.74, 6) is -0.181. The van der Waals surface area contributed by atoms with Crippen molar-refractivity contribution in [3.05, 3.63) is 64.7 Å².